The van der Waals surface area contributed by atoms with E-state index in [0.717, 1.165) is 22.4 Å². The molecule has 0 saturated carbocycles. The Morgan fingerprint density at radius 2 is 2.06 bits per heavy atom. The smallest absolute Gasteiger partial charge is 0.122 e. The van der Waals surface area contributed by atoms with Crippen LogP contribution >= 0.6 is 0 Å². The Bertz CT molecular complexity index is 701. The van der Waals surface area contributed by atoms with Crippen molar-refractivity contribution in [1.29, 1.82) is 5.26 Å². The Labute approximate surface area is 104 Å². The molecule has 0 atom stereocenters. The maximum atomic E-state index is 9.24. The number of aromatic nitrogens is 2. The van der Waals surface area contributed by atoms with Crippen LogP contribution in [0.4, 0.5) is 5.82 Å². The number of benzene rings is 1. The lowest BCUT2D eigenvalue weighted by atomic mass is 10.2. The summed E-state index contributed by atoms with van der Waals surface area (Å²) >= 11 is 0. The van der Waals surface area contributed by atoms with Crippen LogP contribution in [0.2, 0.25) is 0 Å². The zero-order valence-corrected chi connectivity index (χ0v) is 9.70. The van der Waals surface area contributed by atoms with E-state index in [2.05, 4.69) is 21.4 Å². The number of nitriles is 1. The Balaban J connectivity index is 1.94. The molecule has 88 valence electrons. The highest BCUT2D eigenvalue weighted by Crippen LogP contribution is 2.25. The summed E-state index contributed by atoms with van der Waals surface area (Å²) in [7, 11) is 0. The van der Waals surface area contributed by atoms with Gasteiger partial charge >= 0.3 is 0 Å². The van der Waals surface area contributed by atoms with Gasteiger partial charge in [-0.05, 0) is 18.2 Å². The number of para-hydroxylation sites is 1. The summed E-state index contributed by atoms with van der Waals surface area (Å²) in [6.07, 6.45) is 1.88. The van der Waals surface area contributed by atoms with Crippen LogP contribution in [-0.4, -0.2) is 9.97 Å². The first-order chi connectivity index (χ1) is 8.88. The van der Waals surface area contributed by atoms with Gasteiger partial charge in [0.2, 0.25) is 0 Å². The zero-order chi connectivity index (χ0) is 12.4. The topological polar surface area (TPSA) is 67.4 Å². The average Bonchev–Trinajstić information content (AvgIpc) is 3.03. The molecule has 0 aliphatic heterocycles. The standard InChI is InChI=1S/C14H12N4/c15-8-12-11-5-1-2-6-13(11)18-14(12)17-9-10-4-3-7-16-10/h1-7,16-18H,9H2. The molecule has 0 bridgehead atoms. The Kier molecular flexibility index (Phi) is 2.50. The van der Waals surface area contributed by atoms with Crippen LogP contribution in [0.15, 0.2) is 42.6 Å². The van der Waals surface area contributed by atoms with Gasteiger partial charge in [-0.15, -0.1) is 0 Å². The van der Waals surface area contributed by atoms with Crippen LogP contribution in [0.1, 0.15) is 11.3 Å². The number of rotatable bonds is 3. The van der Waals surface area contributed by atoms with E-state index in [-0.39, 0.29) is 0 Å². The summed E-state index contributed by atoms with van der Waals surface area (Å²) in [6, 6.07) is 14.0. The van der Waals surface area contributed by atoms with E-state index in [1.54, 1.807) is 0 Å². The van der Waals surface area contributed by atoms with Gasteiger partial charge in [-0.25, -0.2) is 0 Å². The van der Waals surface area contributed by atoms with Gasteiger partial charge in [-0.2, -0.15) is 5.26 Å². The van der Waals surface area contributed by atoms with E-state index in [1.807, 2.05) is 42.6 Å². The molecule has 18 heavy (non-hydrogen) atoms. The Morgan fingerprint density at radius 1 is 1.17 bits per heavy atom. The van der Waals surface area contributed by atoms with Gasteiger partial charge < -0.3 is 15.3 Å². The first kappa shape index (κ1) is 10.5. The van der Waals surface area contributed by atoms with Crippen LogP contribution in [-0.2, 0) is 6.54 Å². The number of aromatic amines is 2. The monoisotopic (exact) mass is 236 g/mol. The van der Waals surface area contributed by atoms with Gasteiger partial charge in [0.25, 0.3) is 0 Å². The van der Waals surface area contributed by atoms with Crippen LogP contribution in [0.5, 0.6) is 0 Å². The molecule has 0 unspecified atom stereocenters. The van der Waals surface area contributed by atoms with Gasteiger partial charge in [-0.1, -0.05) is 18.2 Å². The summed E-state index contributed by atoms with van der Waals surface area (Å²) in [4.78, 5) is 6.35. The normalized spacial score (nSPS) is 10.4. The van der Waals surface area contributed by atoms with Crippen LogP contribution in [0, 0.1) is 11.3 Å². The van der Waals surface area contributed by atoms with Crippen LogP contribution < -0.4 is 5.32 Å². The second-order valence-electron chi connectivity index (χ2n) is 4.08. The fraction of sp³-hybridized carbons (Fsp3) is 0.0714. The fourth-order valence-electron chi connectivity index (χ4n) is 2.05. The Morgan fingerprint density at radius 3 is 2.83 bits per heavy atom. The molecule has 0 fully saturated rings. The minimum atomic E-state index is 0.661. The summed E-state index contributed by atoms with van der Waals surface area (Å²) in [5.74, 6) is 0.772. The maximum absolute atomic E-state index is 9.24. The highest BCUT2D eigenvalue weighted by Gasteiger charge is 2.09. The molecular weight excluding hydrogens is 224 g/mol. The lowest BCUT2D eigenvalue weighted by molar-refractivity contribution is 1.06. The molecule has 0 radical (unpaired) electrons. The van der Waals surface area contributed by atoms with Gasteiger partial charge in [0.1, 0.15) is 17.5 Å². The SMILES string of the molecule is N#Cc1c(NCc2ccc[nH]2)[nH]c2ccccc12. The van der Waals surface area contributed by atoms with E-state index in [0.29, 0.717) is 12.1 Å². The van der Waals surface area contributed by atoms with E-state index in [4.69, 9.17) is 0 Å². The van der Waals surface area contributed by atoms with Crippen molar-refractivity contribution >= 4 is 16.7 Å². The second-order valence-corrected chi connectivity index (χ2v) is 4.08. The number of H-pyrrole nitrogens is 2. The fourth-order valence-corrected chi connectivity index (χ4v) is 2.05. The summed E-state index contributed by atoms with van der Waals surface area (Å²) in [6.45, 7) is 0.661. The van der Waals surface area contributed by atoms with Crippen molar-refractivity contribution in [3.63, 3.8) is 0 Å². The van der Waals surface area contributed by atoms with Crippen molar-refractivity contribution in [2.75, 3.05) is 5.32 Å². The molecule has 1 aromatic carbocycles. The first-order valence-corrected chi connectivity index (χ1v) is 5.75. The number of nitrogens with one attached hydrogen (secondary N) is 3. The molecule has 4 heteroatoms. The van der Waals surface area contributed by atoms with Crippen molar-refractivity contribution < 1.29 is 0 Å². The zero-order valence-electron chi connectivity index (χ0n) is 9.70. The second kappa shape index (κ2) is 4.30. The highest BCUT2D eigenvalue weighted by molar-refractivity contribution is 5.91. The minimum absolute atomic E-state index is 0.661. The summed E-state index contributed by atoms with van der Waals surface area (Å²) < 4.78 is 0. The van der Waals surface area contributed by atoms with E-state index >= 15 is 0 Å². The van der Waals surface area contributed by atoms with Crippen LogP contribution in [0.25, 0.3) is 10.9 Å². The molecule has 0 aliphatic carbocycles. The van der Waals surface area contributed by atoms with Crippen molar-refractivity contribution in [2.24, 2.45) is 0 Å². The van der Waals surface area contributed by atoms with Gasteiger partial charge in [0.15, 0.2) is 0 Å². The molecule has 3 N–H and O–H groups in total. The molecule has 0 spiro atoms. The lowest BCUT2D eigenvalue weighted by Crippen LogP contribution is -2.01. The summed E-state index contributed by atoms with van der Waals surface area (Å²) in [5, 5.41) is 13.4. The van der Waals surface area contributed by atoms with Gasteiger partial charge in [-0.3, -0.25) is 0 Å². The number of hydrogen-bond acceptors (Lipinski definition) is 2. The summed E-state index contributed by atoms with van der Waals surface area (Å²) in [5.41, 5.74) is 2.72. The average molecular weight is 236 g/mol. The quantitative estimate of drug-likeness (QED) is 0.654. The van der Waals surface area contributed by atoms with Crippen molar-refractivity contribution in [3.8, 4) is 6.07 Å². The predicted octanol–water partition coefficient (Wildman–Crippen LogP) is 2.98. The van der Waals surface area contributed by atoms with Crippen molar-refractivity contribution in [2.45, 2.75) is 6.54 Å². The number of anilines is 1. The van der Waals surface area contributed by atoms with Crippen molar-refractivity contribution in [1.82, 2.24) is 9.97 Å². The molecule has 0 aliphatic rings. The largest absolute Gasteiger partial charge is 0.365 e. The van der Waals surface area contributed by atoms with E-state index < -0.39 is 0 Å². The molecule has 2 aromatic heterocycles. The number of hydrogen-bond donors (Lipinski definition) is 3. The van der Waals surface area contributed by atoms with Crippen molar-refractivity contribution in [3.05, 3.63) is 53.9 Å². The molecular formula is C14H12N4. The molecule has 3 aromatic rings. The third-order valence-electron chi connectivity index (χ3n) is 2.94. The lowest BCUT2D eigenvalue weighted by Gasteiger charge is -2.02. The van der Waals surface area contributed by atoms with Gasteiger partial charge in [0.05, 0.1) is 6.54 Å². The third kappa shape index (κ3) is 1.72. The predicted molar refractivity (Wildman–Crippen MR) is 71.1 cm³/mol. The Hall–Kier alpha value is -2.67. The highest BCUT2D eigenvalue weighted by atomic mass is 15.0. The molecule has 3 rings (SSSR count). The maximum Gasteiger partial charge on any atom is 0.122 e. The third-order valence-corrected chi connectivity index (χ3v) is 2.94. The van der Waals surface area contributed by atoms with E-state index in [1.165, 1.54) is 0 Å². The first-order valence-electron chi connectivity index (χ1n) is 5.75. The minimum Gasteiger partial charge on any atom is -0.365 e. The number of fused-ring (bicyclic) bond motifs is 1. The number of nitrogens with zero attached hydrogens (tertiary/aromatic N) is 1. The molecule has 2 heterocycles. The van der Waals surface area contributed by atoms with Gasteiger partial charge in [0, 0.05) is 22.8 Å². The van der Waals surface area contributed by atoms with Crippen LogP contribution in [0.3, 0.4) is 0 Å². The molecule has 0 saturated heterocycles. The van der Waals surface area contributed by atoms with E-state index in [9.17, 15) is 5.26 Å². The molecule has 4 nitrogen and oxygen atoms in total. The molecule has 0 amide bonds.